The first-order chi connectivity index (χ1) is 11.3. The Morgan fingerprint density at radius 1 is 1.17 bits per heavy atom. The van der Waals surface area contributed by atoms with E-state index >= 15 is 0 Å². The molecule has 3 aromatic rings. The van der Waals surface area contributed by atoms with E-state index in [0.717, 1.165) is 31.7 Å². The average Bonchev–Trinajstić information content (AvgIpc) is 2.99. The molecule has 0 amide bonds. The molecule has 118 valence electrons. The van der Waals surface area contributed by atoms with E-state index in [1.807, 2.05) is 0 Å². The highest BCUT2D eigenvalue weighted by Crippen LogP contribution is 2.28. The Labute approximate surface area is 132 Å². The quantitative estimate of drug-likeness (QED) is 0.692. The van der Waals surface area contributed by atoms with Gasteiger partial charge in [0.1, 0.15) is 17.2 Å². The first-order valence-electron chi connectivity index (χ1n) is 7.72. The fourth-order valence-electron chi connectivity index (χ4n) is 2.94. The van der Waals surface area contributed by atoms with Crippen LogP contribution < -0.4 is 10.6 Å². The summed E-state index contributed by atoms with van der Waals surface area (Å²) in [6, 6.07) is 2.04. The molecule has 4 heterocycles. The normalized spacial score (nSPS) is 15.9. The van der Waals surface area contributed by atoms with Crippen molar-refractivity contribution in [3.05, 3.63) is 36.7 Å². The average molecular weight is 312 g/mol. The predicted octanol–water partition coefficient (Wildman–Crippen LogP) is 2.32. The molecule has 0 aliphatic carbocycles. The van der Waals surface area contributed by atoms with Gasteiger partial charge in [0.15, 0.2) is 5.65 Å². The van der Waals surface area contributed by atoms with E-state index in [2.05, 4.69) is 30.6 Å². The standard InChI is InChI=1S/C16H17FN6/c17-13-8-19-6-3-11(13)12-7-20-16-15(12)23-14(9-21-16)22-10-1-4-18-5-2-10/h3,6-10,18H,1-2,4-5H2,(H,20,21)(H,22,23). The number of fused-ring (bicyclic) bond motifs is 1. The Kier molecular flexibility index (Phi) is 3.63. The van der Waals surface area contributed by atoms with Gasteiger partial charge in [-0.1, -0.05) is 0 Å². The zero-order valence-corrected chi connectivity index (χ0v) is 12.5. The number of halogens is 1. The summed E-state index contributed by atoms with van der Waals surface area (Å²) < 4.78 is 14.0. The van der Waals surface area contributed by atoms with Crippen molar-refractivity contribution in [3.63, 3.8) is 0 Å². The van der Waals surface area contributed by atoms with Gasteiger partial charge >= 0.3 is 0 Å². The molecule has 0 bridgehead atoms. The Bertz CT molecular complexity index is 824. The highest BCUT2D eigenvalue weighted by atomic mass is 19.1. The fraction of sp³-hybridized carbons (Fsp3) is 0.312. The van der Waals surface area contributed by atoms with Gasteiger partial charge in [-0.05, 0) is 32.0 Å². The van der Waals surface area contributed by atoms with E-state index in [1.54, 1.807) is 24.7 Å². The van der Waals surface area contributed by atoms with Crippen LogP contribution in [-0.4, -0.2) is 39.1 Å². The molecule has 0 unspecified atom stereocenters. The second-order valence-electron chi connectivity index (χ2n) is 5.68. The molecule has 3 aromatic heterocycles. The molecule has 23 heavy (non-hydrogen) atoms. The summed E-state index contributed by atoms with van der Waals surface area (Å²) in [5.41, 5.74) is 2.47. The second kappa shape index (κ2) is 5.92. The van der Waals surface area contributed by atoms with E-state index in [-0.39, 0.29) is 5.82 Å². The number of pyridine rings is 1. The first-order valence-corrected chi connectivity index (χ1v) is 7.72. The maximum Gasteiger partial charge on any atom is 0.156 e. The SMILES string of the molecule is Fc1cnccc1-c1c[nH]c2ncc(NC3CCNCC3)nc12. The number of piperidine rings is 1. The minimum Gasteiger partial charge on any atom is -0.366 e. The third kappa shape index (κ3) is 2.75. The highest BCUT2D eigenvalue weighted by molar-refractivity contribution is 5.91. The van der Waals surface area contributed by atoms with Crippen LogP contribution >= 0.6 is 0 Å². The number of anilines is 1. The van der Waals surface area contributed by atoms with Gasteiger partial charge in [0.25, 0.3) is 0 Å². The van der Waals surface area contributed by atoms with Crippen molar-refractivity contribution in [2.45, 2.75) is 18.9 Å². The maximum atomic E-state index is 14.0. The molecule has 3 N–H and O–H groups in total. The number of aromatic amines is 1. The molecule has 4 rings (SSSR count). The lowest BCUT2D eigenvalue weighted by Gasteiger charge is -2.23. The van der Waals surface area contributed by atoms with Gasteiger partial charge in [-0.3, -0.25) is 4.98 Å². The molecule has 1 fully saturated rings. The van der Waals surface area contributed by atoms with Gasteiger partial charge in [0.05, 0.1) is 12.4 Å². The van der Waals surface area contributed by atoms with Crippen LogP contribution in [0.1, 0.15) is 12.8 Å². The van der Waals surface area contributed by atoms with E-state index in [0.29, 0.717) is 28.3 Å². The number of nitrogens with one attached hydrogen (secondary N) is 3. The molecule has 0 radical (unpaired) electrons. The van der Waals surface area contributed by atoms with E-state index in [9.17, 15) is 4.39 Å². The summed E-state index contributed by atoms with van der Waals surface area (Å²) in [6.45, 7) is 2.01. The van der Waals surface area contributed by atoms with Crippen molar-refractivity contribution in [2.75, 3.05) is 18.4 Å². The third-order valence-electron chi connectivity index (χ3n) is 4.13. The smallest absolute Gasteiger partial charge is 0.156 e. The van der Waals surface area contributed by atoms with Crippen molar-refractivity contribution < 1.29 is 4.39 Å². The van der Waals surface area contributed by atoms with Crippen LogP contribution in [0.25, 0.3) is 22.3 Å². The molecular formula is C16H17FN6. The van der Waals surface area contributed by atoms with Crippen molar-refractivity contribution in [1.82, 2.24) is 25.3 Å². The van der Waals surface area contributed by atoms with Crippen molar-refractivity contribution in [1.29, 1.82) is 0 Å². The zero-order valence-electron chi connectivity index (χ0n) is 12.5. The molecular weight excluding hydrogens is 295 g/mol. The first kappa shape index (κ1) is 14.1. The van der Waals surface area contributed by atoms with Crippen molar-refractivity contribution in [3.8, 4) is 11.1 Å². The highest BCUT2D eigenvalue weighted by Gasteiger charge is 2.16. The lowest BCUT2D eigenvalue weighted by molar-refractivity contribution is 0.478. The number of hydrogen-bond donors (Lipinski definition) is 3. The summed E-state index contributed by atoms with van der Waals surface area (Å²) in [7, 11) is 0. The summed E-state index contributed by atoms with van der Waals surface area (Å²) in [5.74, 6) is 0.353. The molecule has 1 saturated heterocycles. The topological polar surface area (TPSA) is 78.5 Å². The lowest BCUT2D eigenvalue weighted by Crippen LogP contribution is -2.35. The van der Waals surface area contributed by atoms with Crippen LogP contribution in [0.15, 0.2) is 30.9 Å². The van der Waals surface area contributed by atoms with E-state index in [4.69, 9.17) is 0 Å². The minimum atomic E-state index is -0.369. The van der Waals surface area contributed by atoms with Crippen LogP contribution in [0.4, 0.5) is 10.2 Å². The Hall–Kier alpha value is -2.54. The largest absolute Gasteiger partial charge is 0.366 e. The van der Waals surface area contributed by atoms with E-state index < -0.39 is 0 Å². The van der Waals surface area contributed by atoms with E-state index in [1.165, 1.54) is 6.20 Å². The van der Waals surface area contributed by atoms with Crippen molar-refractivity contribution >= 4 is 17.0 Å². The number of hydrogen-bond acceptors (Lipinski definition) is 5. The zero-order chi connectivity index (χ0) is 15.6. The summed E-state index contributed by atoms with van der Waals surface area (Å²) in [5, 5.41) is 6.76. The molecule has 0 atom stereocenters. The summed E-state index contributed by atoms with van der Waals surface area (Å²) >= 11 is 0. The summed E-state index contributed by atoms with van der Waals surface area (Å²) in [6.07, 6.45) is 8.34. The molecule has 7 heteroatoms. The number of nitrogens with zero attached hydrogens (tertiary/aromatic N) is 3. The molecule has 6 nitrogen and oxygen atoms in total. The molecule has 1 aliphatic heterocycles. The van der Waals surface area contributed by atoms with Gasteiger partial charge in [-0.15, -0.1) is 0 Å². The van der Waals surface area contributed by atoms with Gasteiger partial charge in [0, 0.05) is 29.6 Å². The lowest BCUT2D eigenvalue weighted by atomic mass is 10.1. The van der Waals surface area contributed by atoms with Crippen LogP contribution in [0.2, 0.25) is 0 Å². The maximum absolute atomic E-state index is 14.0. The predicted molar refractivity (Wildman–Crippen MR) is 86.6 cm³/mol. The Morgan fingerprint density at radius 2 is 2.04 bits per heavy atom. The molecule has 0 spiro atoms. The van der Waals surface area contributed by atoms with Crippen LogP contribution in [0.3, 0.4) is 0 Å². The Morgan fingerprint density at radius 3 is 2.87 bits per heavy atom. The van der Waals surface area contributed by atoms with Crippen LogP contribution in [0.5, 0.6) is 0 Å². The number of rotatable bonds is 3. The molecule has 0 aromatic carbocycles. The van der Waals surface area contributed by atoms with Gasteiger partial charge in [-0.2, -0.15) is 0 Å². The second-order valence-corrected chi connectivity index (χ2v) is 5.68. The van der Waals surface area contributed by atoms with Crippen LogP contribution in [0, 0.1) is 5.82 Å². The van der Waals surface area contributed by atoms with Crippen molar-refractivity contribution in [2.24, 2.45) is 0 Å². The van der Waals surface area contributed by atoms with Crippen LogP contribution in [-0.2, 0) is 0 Å². The number of aromatic nitrogens is 4. The molecule has 1 aliphatic rings. The van der Waals surface area contributed by atoms with Gasteiger partial charge in [-0.25, -0.2) is 14.4 Å². The minimum absolute atomic E-state index is 0.369. The monoisotopic (exact) mass is 312 g/mol. The van der Waals surface area contributed by atoms with Gasteiger partial charge in [0.2, 0.25) is 0 Å². The molecule has 0 saturated carbocycles. The summed E-state index contributed by atoms with van der Waals surface area (Å²) in [4.78, 5) is 15.9. The fourth-order valence-corrected chi connectivity index (χ4v) is 2.94. The van der Waals surface area contributed by atoms with Gasteiger partial charge < -0.3 is 15.6 Å². The number of H-pyrrole nitrogens is 1. The third-order valence-corrected chi connectivity index (χ3v) is 4.13. The Balaban J connectivity index is 1.70.